The third-order valence-electron chi connectivity index (χ3n) is 3.51. The van der Waals surface area contributed by atoms with Crippen molar-refractivity contribution in [2.75, 3.05) is 11.9 Å². The maximum absolute atomic E-state index is 12.1. The van der Waals surface area contributed by atoms with E-state index in [1.807, 2.05) is 62.4 Å². The van der Waals surface area contributed by atoms with Gasteiger partial charge in [-0.05, 0) is 56.2 Å². The minimum Gasteiger partial charge on any atom is -0.494 e. The lowest BCUT2D eigenvalue weighted by atomic mass is 10.1. The first-order chi connectivity index (χ1) is 11.6. The zero-order valence-electron chi connectivity index (χ0n) is 14.2. The third kappa shape index (κ3) is 5.12. The highest BCUT2D eigenvalue weighted by Crippen LogP contribution is 2.16. The Morgan fingerprint density at radius 2 is 1.92 bits per heavy atom. The molecule has 0 spiro atoms. The molecule has 2 N–H and O–H groups in total. The van der Waals surface area contributed by atoms with Crippen LogP contribution < -0.4 is 15.5 Å². The van der Waals surface area contributed by atoms with Crippen molar-refractivity contribution in [2.45, 2.75) is 26.8 Å². The van der Waals surface area contributed by atoms with Gasteiger partial charge in [0.05, 0.1) is 12.8 Å². The molecule has 126 valence electrons. The zero-order valence-corrected chi connectivity index (χ0v) is 14.2. The monoisotopic (exact) mass is 325 g/mol. The number of anilines is 1. The fraction of sp³-hybridized carbons (Fsp3) is 0.263. The molecule has 0 aliphatic heterocycles. The van der Waals surface area contributed by atoms with Gasteiger partial charge in [0.15, 0.2) is 0 Å². The van der Waals surface area contributed by atoms with E-state index in [0.29, 0.717) is 6.61 Å². The van der Waals surface area contributed by atoms with Gasteiger partial charge in [-0.2, -0.15) is 5.10 Å². The Morgan fingerprint density at radius 1 is 1.21 bits per heavy atom. The van der Waals surface area contributed by atoms with E-state index < -0.39 is 6.04 Å². The summed E-state index contributed by atoms with van der Waals surface area (Å²) < 4.78 is 5.39. The summed E-state index contributed by atoms with van der Waals surface area (Å²) in [5.74, 6) is 0.608. The van der Waals surface area contributed by atoms with Crippen LogP contribution in [0, 0.1) is 6.92 Å². The van der Waals surface area contributed by atoms with Crippen LogP contribution in [0.15, 0.2) is 53.6 Å². The standard InChI is InChI=1S/C19H23N3O2/c1-4-24-18-11-9-17(10-12-18)21-15(3)19(23)22-20-13-16-8-6-5-7-14(16)2/h5-13,15,21H,4H2,1-3H3,(H,22,23). The van der Waals surface area contributed by atoms with E-state index in [1.165, 1.54) is 0 Å². The normalized spacial score (nSPS) is 12.0. The third-order valence-corrected chi connectivity index (χ3v) is 3.51. The number of amides is 1. The first-order valence-corrected chi connectivity index (χ1v) is 7.98. The Labute approximate surface area is 142 Å². The maximum Gasteiger partial charge on any atom is 0.262 e. The molecule has 0 heterocycles. The van der Waals surface area contributed by atoms with Gasteiger partial charge in [0.1, 0.15) is 11.8 Å². The lowest BCUT2D eigenvalue weighted by molar-refractivity contribution is -0.121. The van der Waals surface area contributed by atoms with Crippen LogP contribution in [-0.2, 0) is 4.79 Å². The molecule has 0 aromatic heterocycles. The van der Waals surface area contributed by atoms with Crippen molar-refractivity contribution in [3.05, 3.63) is 59.7 Å². The molecule has 2 rings (SSSR count). The van der Waals surface area contributed by atoms with Crippen LogP contribution in [0.5, 0.6) is 5.75 Å². The average molecular weight is 325 g/mol. The minimum atomic E-state index is -0.406. The van der Waals surface area contributed by atoms with Crippen LogP contribution in [0.3, 0.4) is 0 Å². The summed E-state index contributed by atoms with van der Waals surface area (Å²) in [4.78, 5) is 12.1. The van der Waals surface area contributed by atoms with Crippen molar-refractivity contribution in [3.63, 3.8) is 0 Å². The smallest absolute Gasteiger partial charge is 0.262 e. The van der Waals surface area contributed by atoms with Crippen molar-refractivity contribution in [3.8, 4) is 5.75 Å². The molecule has 24 heavy (non-hydrogen) atoms. The first-order valence-electron chi connectivity index (χ1n) is 7.98. The second-order valence-corrected chi connectivity index (χ2v) is 5.41. The van der Waals surface area contributed by atoms with E-state index in [4.69, 9.17) is 4.74 Å². The number of hydrazone groups is 1. The predicted octanol–water partition coefficient (Wildman–Crippen LogP) is 3.34. The van der Waals surface area contributed by atoms with Crippen molar-refractivity contribution in [1.82, 2.24) is 5.43 Å². The molecular formula is C19H23N3O2. The van der Waals surface area contributed by atoms with Gasteiger partial charge in [-0.25, -0.2) is 5.43 Å². The molecule has 0 radical (unpaired) electrons. The van der Waals surface area contributed by atoms with Crippen molar-refractivity contribution in [1.29, 1.82) is 0 Å². The molecule has 1 amide bonds. The molecule has 0 aliphatic carbocycles. The second kappa shape index (κ2) is 8.72. The maximum atomic E-state index is 12.1. The Morgan fingerprint density at radius 3 is 2.58 bits per heavy atom. The number of carbonyl (C=O) groups is 1. The van der Waals surface area contributed by atoms with Gasteiger partial charge < -0.3 is 10.1 Å². The van der Waals surface area contributed by atoms with Gasteiger partial charge in [0.2, 0.25) is 0 Å². The van der Waals surface area contributed by atoms with Crippen LogP contribution >= 0.6 is 0 Å². The Balaban J connectivity index is 1.86. The molecule has 5 heteroatoms. The second-order valence-electron chi connectivity index (χ2n) is 5.41. The summed E-state index contributed by atoms with van der Waals surface area (Å²) in [6.45, 7) is 6.36. The zero-order chi connectivity index (χ0) is 17.4. The van der Waals surface area contributed by atoms with Gasteiger partial charge in [0, 0.05) is 5.69 Å². The van der Waals surface area contributed by atoms with E-state index in [2.05, 4.69) is 15.8 Å². The van der Waals surface area contributed by atoms with Gasteiger partial charge in [0.25, 0.3) is 5.91 Å². The number of hydrogen-bond donors (Lipinski definition) is 2. The van der Waals surface area contributed by atoms with Gasteiger partial charge in [-0.15, -0.1) is 0 Å². The molecule has 0 saturated carbocycles. The number of ether oxygens (including phenoxy) is 1. The van der Waals surface area contributed by atoms with E-state index in [-0.39, 0.29) is 5.91 Å². The summed E-state index contributed by atoms with van der Waals surface area (Å²) in [6.07, 6.45) is 1.65. The number of aryl methyl sites for hydroxylation is 1. The molecule has 2 aromatic carbocycles. The van der Waals surface area contributed by atoms with Gasteiger partial charge >= 0.3 is 0 Å². The van der Waals surface area contributed by atoms with E-state index in [1.54, 1.807) is 13.1 Å². The average Bonchev–Trinajstić information content (AvgIpc) is 2.58. The van der Waals surface area contributed by atoms with Crippen LogP contribution in [-0.4, -0.2) is 24.8 Å². The molecule has 1 unspecified atom stereocenters. The number of benzene rings is 2. The molecule has 0 aliphatic rings. The molecule has 0 fully saturated rings. The fourth-order valence-corrected chi connectivity index (χ4v) is 2.12. The molecule has 2 aromatic rings. The molecule has 5 nitrogen and oxygen atoms in total. The van der Waals surface area contributed by atoms with E-state index in [0.717, 1.165) is 22.6 Å². The Bertz CT molecular complexity index is 696. The minimum absolute atomic E-state index is 0.200. The van der Waals surface area contributed by atoms with Crippen molar-refractivity contribution in [2.24, 2.45) is 5.10 Å². The lowest BCUT2D eigenvalue weighted by Crippen LogP contribution is -2.34. The summed E-state index contributed by atoms with van der Waals surface area (Å²) >= 11 is 0. The highest BCUT2D eigenvalue weighted by atomic mass is 16.5. The SMILES string of the molecule is CCOc1ccc(NC(C)C(=O)NN=Cc2ccccc2C)cc1. The Kier molecular flexibility index (Phi) is 6.37. The highest BCUT2D eigenvalue weighted by Gasteiger charge is 2.11. The molecule has 1 atom stereocenters. The predicted molar refractivity (Wildman–Crippen MR) is 97.6 cm³/mol. The van der Waals surface area contributed by atoms with Crippen molar-refractivity contribution >= 4 is 17.8 Å². The quantitative estimate of drug-likeness (QED) is 0.606. The van der Waals surface area contributed by atoms with Crippen LogP contribution in [0.2, 0.25) is 0 Å². The number of nitrogens with zero attached hydrogens (tertiary/aromatic N) is 1. The number of rotatable bonds is 7. The topological polar surface area (TPSA) is 62.7 Å². The lowest BCUT2D eigenvalue weighted by Gasteiger charge is -2.14. The summed E-state index contributed by atoms with van der Waals surface area (Å²) in [7, 11) is 0. The van der Waals surface area contributed by atoms with Gasteiger partial charge in [-0.3, -0.25) is 4.79 Å². The molecular weight excluding hydrogens is 302 g/mol. The molecule has 0 bridgehead atoms. The Hall–Kier alpha value is -2.82. The van der Waals surface area contributed by atoms with Crippen LogP contribution in [0.4, 0.5) is 5.69 Å². The number of hydrogen-bond acceptors (Lipinski definition) is 4. The summed E-state index contributed by atoms with van der Waals surface area (Å²) in [5, 5.41) is 7.15. The summed E-state index contributed by atoms with van der Waals surface area (Å²) in [6, 6.07) is 14.9. The number of carbonyl (C=O) groups excluding carboxylic acids is 1. The first kappa shape index (κ1) is 17.5. The van der Waals surface area contributed by atoms with Crippen molar-refractivity contribution < 1.29 is 9.53 Å². The highest BCUT2D eigenvalue weighted by molar-refractivity contribution is 5.87. The van der Waals surface area contributed by atoms with E-state index >= 15 is 0 Å². The van der Waals surface area contributed by atoms with Crippen LogP contribution in [0.1, 0.15) is 25.0 Å². The van der Waals surface area contributed by atoms with Crippen LogP contribution in [0.25, 0.3) is 0 Å². The van der Waals surface area contributed by atoms with E-state index in [9.17, 15) is 4.79 Å². The largest absolute Gasteiger partial charge is 0.494 e. The fourth-order valence-electron chi connectivity index (χ4n) is 2.12. The molecule has 0 saturated heterocycles. The summed E-state index contributed by atoms with van der Waals surface area (Å²) in [5.41, 5.74) is 5.49. The van der Waals surface area contributed by atoms with Gasteiger partial charge in [-0.1, -0.05) is 24.3 Å². The number of nitrogens with one attached hydrogen (secondary N) is 2.